The second-order valence-corrected chi connectivity index (χ2v) is 7.05. The highest BCUT2D eigenvalue weighted by Crippen LogP contribution is 2.34. The molecule has 134 valence electrons. The number of benzene rings is 2. The van der Waals surface area contributed by atoms with Gasteiger partial charge in [0.2, 0.25) is 0 Å². The van der Waals surface area contributed by atoms with Crippen LogP contribution in [0.25, 0.3) is 11.1 Å². The van der Waals surface area contributed by atoms with E-state index in [1.54, 1.807) is 6.07 Å². The van der Waals surface area contributed by atoms with Crippen molar-refractivity contribution in [3.8, 4) is 16.9 Å². The maximum Gasteiger partial charge on any atom is 0.165 e. The minimum absolute atomic E-state index is 0.174. The Labute approximate surface area is 149 Å². The molecule has 2 aromatic rings. The largest absolute Gasteiger partial charge is 0.505 e. The number of ether oxygens (including phenoxy) is 1. The van der Waals surface area contributed by atoms with Gasteiger partial charge < -0.3 is 9.84 Å². The molecule has 1 heterocycles. The Hall–Kier alpha value is -1.87. The van der Waals surface area contributed by atoms with Crippen LogP contribution in [0.4, 0.5) is 4.39 Å². The van der Waals surface area contributed by atoms with Gasteiger partial charge in [-0.25, -0.2) is 4.39 Å². The molecule has 1 aliphatic rings. The van der Waals surface area contributed by atoms with Gasteiger partial charge in [0.05, 0.1) is 12.7 Å². The lowest BCUT2D eigenvalue weighted by Crippen LogP contribution is -2.20. The molecule has 0 aromatic heterocycles. The summed E-state index contributed by atoms with van der Waals surface area (Å²) in [7, 11) is 0. The molecular weight excluding hydrogens is 315 g/mol. The summed E-state index contributed by atoms with van der Waals surface area (Å²) >= 11 is 0. The first-order valence-electron chi connectivity index (χ1n) is 9.38. The summed E-state index contributed by atoms with van der Waals surface area (Å²) in [6.07, 6.45) is 7.67. The SMILES string of the molecule is CCCCCC1CCC(c2ccc(-c3ccc(O)c(F)c3)cc2)OC1. The van der Waals surface area contributed by atoms with Crippen molar-refractivity contribution in [3.63, 3.8) is 0 Å². The van der Waals surface area contributed by atoms with Crippen molar-refractivity contribution >= 4 is 0 Å². The summed E-state index contributed by atoms with van der Waals surface area (Å²) in [5.74, 6) is -0.196. The Bertz CT molecular complexity index is 673. The smallest absolute Gasteiger partial charge is 0.165 e. The number of phenolic OH excluding ortho intramolecular Hbond substituents is 1. The number of phenols is 1. The molecule has 3 heteroatoms. The average Bonchev–Trinajstić information content (AvgIpc) is 2.65. The predicted octanol–water partition coefficient (Wildman–Crippen LogP) is 6.25. The quantitative estimate of drug-likeness (QED) is 0.629. The Balaban J connectivity index is 1.59. The number of halogens is 1. The topological polar surface area (TPSA) is 29.5 Å². The molecule has 2 unspecified atom stereocenters. The monoisotopic (exact) mass is 342 g/mol. The molecule has 2 nitrogen and oxygen atoms in total. The molecule has 2 atom stereocenters. The van der Waals surface area contributed by atoms with Crippen LogP contribution in [0.3, 0.4) is 0 Å². The lowest BCUT2D eigenvalue weighted by molar-refractivity contribution is -0.0198. The lowest BCUT2D eigenvalue weighted by atomic mass is 9.90. The molecular formula is C22H27FO2. The number of unbranched alkanes of at least 4 members (excludes halogenated alkanes) is 2. The van der Waals surface area contributed by atoms with Gasteiger partial charge in [-0.1, -0.05) is 56.5 Å². The van der Waals surface area contributed by atoms with Crippen molar-refractivity contribution < 1.29 is 14.2 Å². The predicted molar refractivity (Wildman–Crippen MR) is 99.1 cm³/mol. The Morgan fingerprint density at radius 2 is 1.80 bits per heavy atom. The van der Waals surface area contributed by atoms with Gasteiger partial charge in [0.1, 0.15) is 0 Å². The summed E-state index contributed by atoms with van der Waals surface area (Å²) in [5.41, 5.74) is 2.90. The fourth-order valence-electron chi connectivity index (χ4n) is 3.56. The number of rotatable bonds is 6. The summed E-state index contributed by atoms with van der Waals surface area (Å²) in [5, 5.41) is 9.30. The molecule has 2 aromatic carbocycles. The fourth-order valence-corrected chi connectivity index (χ4v) is 3.56. The molecule has 0 bridgehead atoms. The van der Waals surface area contributed by atoms with Crippen molar-refractivity contribution in [2.24, 2.45) is 5.92 Å². The van der Waals surface area contributed by atoms with E-state index in [1.807, 2.05) is 12.1 Å². The highest BCUT2D eigenvalue weighted by atomic mass is 19.1. The van der Waals surface area contributed by atoms with Gasteiger partial charge in [-0.3, -0.25) is 0 Å². The molecule has 1 fully saturated rings. The maximum absolute atomic E-state index is 13.5. The van der Waals surface area contributed by atoms with Crippen molar-refractivity contribution in [3.05, 3.63) is 53.8 Å². The number of aromatic hydroxyl groups is 1. The van der Waals surface area contributed by atoms with E-state index in [0.717, 1.165) is 24.2 Å². The summed E-state index contributed by atoms with van der Waals surface area (Å²) in [6.45, 7) is 3.10. The normalized spacial score (nSPS) is 20.6. The minimum Gasteiger partial charge on any atom is -0.505 e. The number of hydrogen-bond donors (Lipinski definition) is 1. The van der Waals surface area contributed by atoms with E-state index in [-0.39, 0.29) is 11.9 Å². The van der Waals surface area contributed by atoms with Crippen molar-refractivity contribution in [1.82, 2.24) is 0 Å². The zero-order chi connectivity index (χ0) is 17.6. The first kappa shape index (κ1) is 17.9. The van der Waals surface area contributed by atoms with Gasteiger partial charge >= 0.3 is 0 Å². The number of hydrogen-bond acceptors (Lipinski definition) is 2. The van der Waals surface area contributed by atoms with E-state index in [1.165, 1.54) is 49.8 Å². The van der Waals surface area contributed by atoms with Crippen molar-refractivity contribution in [1.29, 1.82) is 0 Å². The standard InChI is InChI=1S/C22H27FO2/c1-2-3-4-5-16-6-13-22(25-15-16)18-9-7-17(8-10-18)19-11-12-21(24)20(23)14-19/h7-12,14,16,22,24H,2-6,13,15H2,1H3. The van der Waals surface area contributed by atoms with Crippen LogP contribution in [0, 0.1) is 11.7 Å². The van der Waals surface area contributed by atoms with E-state index >= 15 is 0 Å². The summed E-state index contributed by atoms with van der Waals surface area (Å²) < 4.78 is 19.6. The Morgan fingerprint density at radius 1 is 1.04 bits per heavy atom. The van der Waals surface area contributed by atoms with Crippen LogP contribution in [0.15, 0.2) is 42.5 Å². The average molecular weight is 342 g/mol. The van der Waals surface area contributed by atoms with Gasteiger partial charge in [-0.05, 0) is 54.0 Å². The molecule has 1 saturated heterocycles. The molecule has 0 saturated carbocycles. The van der Waals surface area contributed by atoms with Crippen LogP contribution in [0.5, 0.6) is 5.75 Å². The van der Waals surface area contributed by atoms with E-state index in [2.05, 4.69) is 19.1 Å². The van der Waals surface area contributed by atoms with E-state index in [9.17, 15) is 9.50 Å². The minimum atomic E-state index is -0.591. The van der Waals surface area contributed by atoms with Crippen LogP contribution < -0.4 is 0 Å². The zero-order valence-electron chi connectivity index (χ0n) is 14.9. The molecule has 3 rings (SSSR count). The van der Waals surface area contributed by atoms with E-state index < -0.39 is 5.82 Å². The van der Waals surface area contributed by atoms with Gasteiger partial charge in [0, 0.05) is 0 Å². The molecule has 0 spiro atoms. The van der Waals surface area contributed by atoms with Crippen LogP contribution in [0.1, 0.15) is 57.1 Å². The Kier molecular flexibility index (Phi) is 6.09. The molecule has 25 heavy (non-hydrogen) atoms. The molecule has 0 aliphatic carbocycles. The second kappa shape index (κ2) is 8.48. The fraction of sp³-hybridized carbons (Fsp3) is 0.455. The van der Waals surface area contributed by atoms with Gasteiger partial charge in [0.25, 0.3) is 0 Å². The first-order valence-corrected chi connectivity index (χ1v) is 9.38. The second-order valence-electron chi connectivity index (χ2n) is 7.05. The van der Waals surface area contributed by atoms with Crippen LogP contribution >= 0.6 is 0 Å². The molecule has 1 aliphatic heterocycles. The van der Waals surface area contributed by atoms with Gasteiger partial charge in [-0.15, -0.1) is 0 Å². The molecule has 0 radical (unpaired) electrons. The van der Waals surface area contributed by atoms with Crippen LogP contribution in [-0.4, -0.2) is 11.7 Å². The third-order valence-electron chi connectivity index (χ3n) is 5.15. The first-order chi connectivity index (χ1) is 12.2. The highest BCUT2D eigenvalue weighted by Gasteiger charge is 2.22. The van der Waals surface area contributed by atoms with Crippen LogP contribution in [0.2, 0.25) is 0 Å². The summed E-state index contributed by atoms with van der Waals surface area (Å²) in [4.78, 5) is 0. The summed E-state index contributed by atoms with van der Waals surface area (Å²) in [6, 6.07) is 12.6. The van der Waals surface area contributed by atoms with Crippen LogP contribution in [-0.2, 0) is 4.74 Å². The lowest BCUT2D eigenvalue weighted by Gasteiger charge is -2.29. The highest BCUT2D eigenvalue weighted by molar-refractivity contribution is 5.64. The Morgan fingerprint density at radius 3 is 2.44 bits per heavy atom. The van der Waals surface area contributed by atoms with Gasteiger partial charge in [0.15, 0.2) is 11.6 Å². The molecule has 1 N–H and O–H groups in total. The van der Waals surface area contributed by atoms with Crippen molar-refractivity contribution in [2.75, 3.05) is 6.61 Å². The van der Waals surface area contributed by atoms with E-state index in [0.29, 0.717) is 5.92 Å². The third-order valence-corrected chi connectivity index (χ3v) is 5.15. The van der Waals surface area contributed by atoms with E-state index in [4.69, 9.17) is 4.74 Å². The zero-order valence-corrected chi connectivity index (χ0v) is 14.9. The molecule has 0 amide bonds. The van der Waals surface area contributed by atoms with Gasteiger partial charge in [-0.2, -0.15) is 0 Å². The maximum atomic E-state index is 13.5. The third kappa shape index (κ3) is 4.60. The van der Waals surface area contributed by atoms with Crippen molar-refractivity contribution in [2.45, 2.75) is 51.6 Å².